The molecule has 2 saturated heterocycles. The first-order valence-electron chi connectivity index (χ1n) is 9.74. The molecule has 0 bridgehead atoms. The van der Waals surface area contributed by atoms with Crippen LogP contribution in [0.2, 0.25) is 0 Å². The second-order valence-corrected chi connectivity index (χ2v) is 7.48. The highest BCUT2D eigenvalue weighted by atomic mass is 16.5. The topological polar surface area (TPSA) is 74.6 Å². The molecule has 7 heteroatoms. The number of aliphatic hydroxyl groups is 1. The summed E-state index contributed by atoms with van der Waals surface area (Å²) in [5.41, 5.74) is 1.01. The van der Waals surface area contributed by atoms with Crippen LogP contribution in [0.4, 0.5) is 11.6 Å². The molecule has 0 aliphatic carbocycles. The third-order valence-corrected chi connectivity index (χ3v) is 5.52. The molecular formula is C21H23N5O2. The quantitative estimate of drug-likeness (QED) is 0.730. The predicted molar refractivity (Wildman–Crippen MR) is 108 cm³/mol. The number of fused-ring (bicyclic) bond motifs is 1. The molecule has 0 amide bonds. The lowest BCUT2D eigenvalue weighted by Crippen LogP contribution is -2.54. The van der Waals surface area contributed by atoms with Crippen LogP contribution in [0, 0.1) is 5.92 Å². The van der Waals surface area contributed by atoms with Gasteiger partial charge in [-0.1, -0.05) is 18.2 Å². The monoisotopic (exact) mass is 377 g/mol. The first kappa shape index (κ1) is 17.2. The third-order valence-electron chi connectivity index (χ3n) is 5.52. The molecule has 1 aromatic carbocycles. The van der Waals surface area contributed by atoms with Crippen LogP contribution in [-0.2, 0) is 0 Å². The maximum atomic E-state index is 9.39. The van der Waals surface area contributed by atoms with Gasteiger partial charge < -0.3 is 19.6 Å². The third kappa shape index (κ3) is 3.22. The van der Waals surface area contributed by atoms with E-state index < -0.39 is 0 Å². The van der Waals surface area contributed by atoms with E-state index in [1.54, 1.807) is 12.4 Å². The van der Waals surface area contributed by atoms with Crippen molar-refractivity contribution < 1.29 is 9.84 Å². The number of aromatic nitrogens is 3. The lowest BCUT2D eigenvalue weighted by molar-refractivity contribution is 0.160. The van der Waals surface area contributed by atoms with E-state index in [1.165, 1.54) is 0 Å². The van der Waals surface area contributed by atoms with E-state index in [4.69, 9.17) is 9.72 Å². The molecule has 2 aliphatic rings. The average molecular weight is 377 g/mol. The Morgan fingerprint density at radius 3 is 2.71 bits per heavy atom. The molecule has 2 aromatic heterocycles. The van der Waals surface area contributed by atoms with Crippen LogP contribution in [0.25, 0.3) is 10.9 Å². The number of pyridine rings is 1. The average Bonchev–Trinajstić information content (AvgIpc) is 3.19. The summed E-state index contributed by atoms with van der Waals surface area (Å²) in [6.07, 6.45) is 4.40. The number of para-hydroxylation sites is 1. The lowest BCUT2D eigenvalue weighted by Gasteiger charge is -2.39. The summed E-state index contributed by atoms with van der Waals surface area (Å²) in [6.45, 7) is 3.44. The van der Waals surface area contributed by atoms with E-state index in [2.05, 4.69) is 38.0 Å². The first-order valence-corrected chi connectivity index (χ1v) is 9.74. The molecule has 2 fully saturated rings. The minimum Gasteiger partial charge on any atom is -0.468 e. The summed E-state index contributed by atoms with van der Waals surface area (Å²) in [7, 11) is 0. The number of anilines is 2. The molecule has 0 saturated carbocycles. The van der Waals surface area contributed by atoms with E-state index in [1.807, 2.05) is 18.2 Å². The fourth-order valence-electron chi connectivity index (χ4n) is 3.88. The Kier molecular flexibility index (Phi) is 4.44. The van der Waals surface area contributed by atoms with E-state index in [0.717, 1.165) is 55.1 Å². The Labute approximate surface area is 163 Å². The smallest absolute Gasteiger partial charge is 0.258 e. The molecule has 2 aliphatic heterocycles. The molecular weight excluding hydrogens is 354 g/mol. The molecule has 3 aromatic rings. The van der Waals surface area contributed by atoms with Crippen molar-refractivity contribution in [2.24, 2.45) is 5.92 Å². The fourth-order valence-corrected chi connectivity index (χ4v) is 3.88. The van der Waals surface area contributed by atoms with Gasteiger partial charge in [0.2, 0.25) is 0 Å². The Morgan fingerprint density at radius 1 is 1.00 bits per heavy atom. The van der Waals surface area contributed by atoms with E-state index >= 15 is 0 Å². The van der Waals surface area contributed by atoms with Crippen LogP contribution >= 0.6 is 0 Å². The molecule has 28 heavy (non-hydrogen) atoms. The standard InChI is InChI=1S/C21H23N5O2/c27-14-15-7-10-25(11-15)20-21(23-9-8-22-20)28-17-12-26(13-17)19-6-5-16-3-1-2-4-18(16)24-19/h1-6,8-9,15,17,27H,7,10-14H2. The second kappa shape index (κ2) is 7.24. The Balaban J connectivity index is 1.25. The molecule has 7 nitrogen and oxygen atoms in total. The first-order chi connectivity index (χ1) is 13.8. The second-order valence-electron chi connectivity index (χ2n) is 7.48. The summed E-state index contributed by atoms with van der Waals surface area (Å²) in [5, 5.41) is 10.5. The number of hydrogen-bond donors (Lipinski definition) is 1. The van der Waals surface area contributed by atoms with Gasteiger partial charge in [-0.25, -0.2) is 15.0 Å². The molecule has 1 unspecified atom stereocenters. The summed E-state index contributed by atoms with van der Waals surface area (Å²) in [6, 6.07) is 12.3. The van der Waals surface area contributed by atoms with Crippen LogP contribution in [-0.4, -0.2) is 58.9 Å². The molecule has 144 valence electrons. The molecule has 1 N–H and O–H groups in total. The van der Waals surface area contributed by atoms with Crippen molar-refractivity contribution in [3.63, 3.8) is 0 Å². The van der Waals surface area contributed by atoms with Crippen LogP contribution < -0.4 is 14.5 Å². The normalized spacial score (nSPS) is 19.8. The number of nitrogens with zero attached hydrogens (tertiary/aromatic N) is 5. The van der Waals surface area contributed by atoms with Crippen LogP contribution in [0.5, 0.6) is 5.88 Å². The highest BCUT2D eigenvalue weighted by Crippen LogP contribution is 2.31. The number of aliphatic hydroxyl groups excluding tert-OH is 1. The number of rotatable bonds is 5. The van der Waals surface area contributed by atoms with Gasteiger partial charge in [0, 0.05) is 43.4 Å². The number of benzene rings is 1. The van der Waals surface area contributed by atoms with Gasteiger partial charge in [0.25, 0.3) is 5.88 Å². The van der Waals surface area contributed by atoms with Crippen molar-refractivity contribution in [2.45, 2.75) is 12.5 Å². The van der Waals surface area contributed by atoms with Crippen molar-refractivity contribution >= 4 is 22.5 Å². The minimum atomic E-state index is 0.0694. The maximum absolute atomic E-state index is 9.39. The Morgan fingerprint density at radius 2 is 1.86 bits per heavy atom. The number of ether oxygens (including phenoxy) is 1. The highest BCUT2D eigenvalue weighted by molar-refractivity contribution is 5.80. The van der Waals surface area contributed by atoms with Gasteiger partial charge in [-0.15, -0.1) is 0 Å². The van der Waals surface area contributed by atoms with Gasteiger partial charge in [0.05, 0.1) is 18.6 Å². The van der Waals surface area contributed by atoms with Gasteiger partial charge in [0.1, 0.15) is 11.9 Å². The molecule has 4 heterocycles. The summed E-state index contributed by atoms with van der Waals surface area (Å²) in [5.74, 6) is 2.63. The van der Waals surface area contributed by atoms with Crippen LogP contribution in [0.3, 0.4) is 0 Å². The Bertz CT molecular complexity index is 976. The van der Waals surface area contributed by atoms with Crippen molar-refractivity contribution in [3.8, 4) is 5.88 Å². The largest absolute Gasteiger partial charge is 0.468 e. The molecule has 0 spiro atoms. The van der Waals surface area contributed by atoms with Crippen molar-refractivity contribution in [2.75, 3.05) is 42.6 Å². The molecule has 5 rings (SSSR count). The van der Waals surface area contributed by atoms with Gasteiger partial charge in [-0.3, -0.25) is 0 Å². The van der Waals surface area contributed by atoms with Crippen LogP contribution in [0.15, 0.2) is 48.8 Å². The zero-order chi connectivity index (χ0) is 18.9. The van der Waals surface area contributed by atoms with Crippen LogP contribution in [0.1, 0.15) is 6.42 Å². The zero-order valence-corrected chi connectivity index (χ0v) is 15.6. The van der Waals surface area contributed by atoms with E-state index in [-0.39, 0.29) is 12.7 Å². The van der Waals surface area contributed by atoms with Gasteiger partial charge in [-0.2, -0.15) is 0 Å². The molecule has 0 radical (unpaired) electrons. The summed E-state index contributed by atoms with van der Waals surface area (Å²) < 4.78 is 6.15. The SMILES string of the molecule is OCC1CCN(c2nccnc2OC2CN(c3ccc4ccccc4n3)C2)C1. The van der Waals surface area contributed by atoms with Crippen molar-refractivity contribution in [1.82, 2.24) is 15.0 Å². The van der Waals surface area contributed by atoms with Gasteiger partial charge in [0.15, 0.2) is 5.82 Å². The fraction of sp³-hybridized carbons (Fsp3) is 0.381. The highest BCUT2D eigenvalue weighted by Gasteiger charge is 2.32. The number of hydrogen-bond acceptors (Lipinski definition) is 7. The Hall–Kier alpha value is -2.93. The lowest BCUT2D eigenvalue weighted by atomic mass is 10.1. The van der Waals surface area contributed by atoms with Crippen molar-refractivity contribution in [3.05, 3.63) is 48.8 Å². The summed E-state index contributed by atoms with van der Waals surface area (Å²) in [4.78, 5) is 18.0. The zero-order valence-electron chi connectivity index (χ0n) is 15.6. The summed E-state index contributed by atoms with van der Waals surface area (Å²) >= 11 is 0. The van der Waals surface area contributed by atoms with Crippen molar-refractivity contribution in [1.29, 1.82) is 0 Å². The molecule has 1 atom stereocenters. The van der Waals surface area contributed by atoms with E-state index in [9.17, 15) is 5.11 Å². The maximum Gasteiger partial charge on any atom is 0.258 e. The van der Waals surface area contributed by atoms with E-state index in [0.29, 0.717) is 11.8 Å². The minimum absolute atomic E-state index is 0.0694. The van der Waals surface area contributed by atoms with Gasteiger partial charge in [-0.05, 0) is 24.6 Å². The van der Waals surface area contributed by atoms with Gasteiger partial charge >= 0.3 is 0 Å². The predicted octanol–water partition coefficient (Wildman–Crippen LogP) is 2.11.